The van der Waals surface area contributed by atoms with E-state index in [9.17, 15) is 9.59 Å². The highest BCUT2D eigenvalue weighted by Gasteiger charge is 2.04. The molecule has 0 atom stereocenters. The van der Waals surface area contributed by atoms with Gasteiger partial charge in [0.25, 0.3) is 5.56 Å². The van der Waals surface area contributed by atoms with Crippen LogP contribution in [0.4, 0.5) is 0 Å². The molecule has 0 radical (unpaired) electrons. The van der Waals surface area contributed by atoms with Gasteiger partial charge in [0.05, 0.1) is 0 Å². The maximum Gasteiger partial charge on any atom is 0.267 e. The van der Waals surface area contributed by atoms with Crippen LogP contribution in [0.1, 0.15) is 32.0 Å². The van der Waals surface area contributed by atoms with Gasteiger partial charge in [0.15, 0.2) is 0 Å². The normalized spacial score (nSPS) is 10.4. The van der Waals surface area contributed by atoms with Crippen LogP contribution in [0.5, 0.6) is 0 Å². The molecule has 1 rings (SSSR count). The molecule has 5 heteroatoms. The lowest BCUT2D eigenvalue weighted by Gasteiger charge is -2.08. The van der Waals surface area contributed by atoms with Crippen molar-refractivity contribution in [1.29, 1.82) is 0 Å². The Kier molecular flexibility index (Phi) is 4.86. The van der Waals surface area contributed by atoms with Crippen LogP contribution < -0.4 is 5.56 Å². The average molecular weight is 287 g/mol. The number of hydrogen-bond acceptors (Lipinski definition) is 3. The van der Waals surface area contributed by atoms with Gasteiger partial charge in [-0.25, -0.2) is 4.98 Å². The molecule has 0 amide bonds. The standard InChI is InChI=1S/C11H15BrN2O2/c1-8(15)5-3-4-6-14-9(2)13-7-10(12)11(14)16/h7H,3-6H2,1-2H3. The van der Waals surface area contributed by atoms with E-state index in [1.165, 1.54) is 6.20 Å². The third-order valence-corrected chi connectivity index (χ3v) is 2.91. The van der Waals surface area contributed by atoms with E-state index in [4.69, 9.17) is 0 Å². The number of halogens is 1. The summed E-state index contributed by atoms with van der Waals surface area (Å²) in [5, 5.41) is 0. The molecule has 1 aromatic rings. The first-order valence-corrected chi connectivity index (χ1v) is 6.03. The number of rotatable bonds is 5. The highest BCUT2D eigenvalue weighted by molar-refractivity contribution is 9.10. The second-order valence-corrected chi connectivity index (χ2v) is 4.62. The molecule has 4 nitrogen and oxygen atoms in total. The molecule has 0 saturated heterocycles. The van der Waals surface area contributed by atoms with Crippen molar-refractivity contribution in [2.24, 2.45) is 0 Å². The lowest BCUT2D eigenvalue weighted by molar-refractivity contribution is -0.117. The molecule has 88 valence electrons. The second kappa shape index (κ2) is 5.94. The maximum absolute atomic E-state index is 11.7. The van der Waals surface area contributed by atoms with Crippen molar-refractivity contribution >= 4 is 21.7 Å². The van der Waals surface area contributed by atoms with E-state index in [0.29, 0.717) is 23.3 Å². The Balaban J connectivity index is 2.63. The van der Waals surface area contributed by atoms with Crippen molar-refractivity contribution in [2.45, 2.75) is 39.7 Å². The monoisotopic (exact) mass is 286 g/mol. The summed E-state index contributed by atoms with van der Waals surface area (Å²) < 4.78 is 2.11. The van der Waals surface area contributed by atoms with Crippen molar-refractivity contribution in [3.63, 3.8) is 0 Å². The molecule has 0 N–H and O–H groups in total. The fourth-order valence-corrected chi connectivity index (χ4v) is 1.77. The van der Waals surface area contributed by atoms with Crippen LogP contribution in [0.15, 0.2) is 15.5 Å². The first kappa shape index (κ1) is 13.1. The van der Waals surface area contributed by atoms with Gasteiger partial charge in [-0.3, -0.25) is 9.36 Å². The Morgan fingerprint density at radius 1 is 1.50 bits per heavy atom. The van der Waals surface area contributed by atoms with E-state index in [-0.39, 0.29) is 11.3 Å². The van der Waals surface area contributed by atoms with E-state index >= 15 is 0 Å². The molecular weight excluding hydrogens is 272 g/mol. The largest absolute Gasteiger partial charge is 0.300 e. The molecular formula is C11H15BrN2O2. The van der Waals surface area contributed by atoms with Gasteiger partial charge >= 0.3 is 0 Å². The number of Topliss-reactive ketones (excluding diaryl/α,β-unsaturated/α-hetero) is 1. The Morgan fingerprint density at radius 2 is 2.19 bits per heavy atom. The molecule has 0 aliphatic heterocycles. The zero-order chi connectivity index (χ0) is 12.1. The number of carbonyl (C=O) groups is 1. The topological polar surface area (TPSA) is 52.0 Å². The fourth-order valence-electron chi connectivity index (χ4n) is 1.46. The Hall–Kier alpha value is -0.970. The molecule has 0 aliphatic carbocycles. The minimum absolute atomic E-state index is 0.0599. The summed E-state index contributed by atoms with van der Waals surface area (Å²) in [6.07, 6.45) is 3.73. The SMILES string of the molecule is CC(=O)CCCCn1c(C)ncc(Br)c1=O. The Morgan fingerprint density at radius 3 is 2.81 bits per heavy atom. The highest BCUT2D eigenvalue weighted by Crippen LogP contribution is 2.04. The van der Waals surface area contributed by atoms with Gasteiger partial charge in [-0.2, -0.15) is 0 Å². The summed E-state index contributed by atoms with van der Waals surface area (Å²) in [7, 11) is 0. The summed E-state index contributed by atoms with van der Waals surface area (Å²) in [6, 6.07) is 0. The molecule has 0 spiro atoms. The molecule has 0 aromatic carbocycles. The van der Waals surface area contributed by atoms with Crippen molar-refractivity contribution in [2.75, 3.05) is 0 Å². The van der Waals surface area contributed by atoms with Crippen LogP contribution in [-0.2, 0) is 11.3 Å². The van der Waals surface area contributed by atoms with Gasteiger partial charge in [0, 0.05) is 19.2 Å². The number of ketones is 1. The van der Waals surface area contributed by atoms with E-state index in [2.05, 4.69) is 20.9 Å². The van der Waals surface area contributed by atoms with Gasteiger partial charge in [0.1, 0.15) is 16.1 Å². The molecule has 0 bridgehead atoms. The number of carbonyl (C=O) groups excluding carboxylic acids is 1. The molecule has 1 heterocycles. The van der Waals surface area contributed by atoms with Crippen molar-refractivity contribution in [3.05, 3.63) is 26.8 Å². The number of aryl methyl sites for hydroxylation is 1. The van der Waals surface area contributed by atoms with Crippen LogP contribution in [-0.4, -0.2) is 15.3 Å². The number of unbranched alkanes of at least 4 members (excludes halogenated alkanes) is 1. The van der Waals surface area contributed by atoms with Gasteiger partial charge < -0.3 is 4.79 Å². The van der Waals surface area contributed by atoms with Crippen LogP contribution in [0.2, 0.25) is 0 Å². The third kappa shape index (κ3) is 3.56. The van der Waals surface area contributed by atoms with E-state index < -0.39 is 0 Å². The predicted molar refractivity (Wildman–Crippen MR) is 65.5 cm³/mol. The van der Waals surface area contributed by atoms with Crippen LogP contribution in [0.25, 0.3) is 0 Å². The maximum atomic E-state index is 11.7. The third-order valence-electron chi connectivity index (χ3n) is 2.37. The van der Waals surface area contributed by atoms with Crippen LogP contribution in [0, 0.1) is 6.92 Å². The summed E-state index contributed by atoms with van der Waals surface area (Å²) in [4.78, 5) is 26.6. The van der Waals surface area contributed by atoms with Crippen molar-refractivity contribution in [3.8, 4) is 0 Å². The first-order valence-electron chi connectivity index (χ1n) is 5.23. The summed E-state index contributed by atoms with van der Waals surface area (Å²) >= 11 is 3.16. The number of nitrogens with zero attached hydrogens (tertiary/aromatic N) is 2. The van der Waals surface area contributed by atoms with Gasteiger partial charge in [-0.15, -0.1) is 0 Å². The van der Waals surface area contributed by atoms with Gasteiger partial charge in [-0.1, -0.05) is 0 Å². The van der Waals surface area contributed by atoms with Crippen molar-refractivity contribution in [1.82, 2.24) is 9.55 Å². The quantitative estimate of drug-likeness (QED) is 0.779. The molecule has 0 unspecified atom stereocenters. The average Bonchev–Trinajstić information content (AvgIpc) is 2.22. The molecule has 0 fully saturated rings. The second-order valence-electron chi connectivity index (χ2n) is 3.77. The Labute approximate surface area is 103 Å². The first-order chi connectivity index (χ1) is 7.52. The minimum atomic E-state index is -0.0599. The number of hydrogen-bond donors (Lipinski definition) is 0. The molecule has 1 aromatic heterocycles. The van der Waals surface area contributed by atoms with Gasteiger partial charge in [0.2, 0.25) is 0 Å². The lowest BCUT2D eigenvalue weighted by atomic mass is 10.2. The number of aromatic nitrogens is 2. The minimum Gasteiger partial charge on any atom is -0.300 e. The summed E-state index contributed by atoms with van der Waals surface area (Å²) in [6.45, 7) is 4.00. The van der Waals surface area contributed by atoms with Crippen LogP contribution in [0.3, 0.4) is 0 Å². The van der Waals surface area contributed by atoms with E-state index in [1.54, 1.807) is 18.4 Å². The van der Waals surface area contributed by atoms with E-state index in [0.717, 1.165) is 12.8 Å². The molecule has 0 aliphatic rings. The highest BCUT2D eigenvalue weighted by atomic mass is 79.9. The molecule has 16 heavy (non-hydrogen) atoms. The Bertz CT molecular complexity index is 440. The smallest absolute Gasteiger partial charge is 0.267 e. The van der Waals surface area contributed by atoms with Gasteiger partial charge in [-0.05, 0) is 42.6 Å². The zero-order valence-electron chi connectivity index (χ0n) is 9.49. The zero-order valence-corrected chi connectivity index (χ0v) is 11.1. The predicted octanol–water partition coefficient (Wildman–Crippen LogP) is 2.07. The fraction of sp³-hybridized carbons (Fsp3) is 0.545. The van der Waals surface area contributed by atoms with E-state index in [1.807, 2.05) is 0 Å². The van der Waals surface area contributed by atoms with Crippen molar-refractivity contribution < 1.29 is 4.79 Å². The summed E-state index contributed by atoms with van der Waals surface area (Å²) in [5.74, 6) is 0.896. The summed E-state index contributed by atoms with van der Waals surface area (Å²) in [5.41, 5.74) is -0.0599. The molecule has 0 saturated carbocycles. The van der Waals surface area contributed by atoms with Crippen LogP contribution >= 0.6 is 15.9 Å². The lowest BCUT2D eigenvalue weighted by Crippen LogP contribution is -2.24.